The standard InChI is InChI=1S/C13H18N2O2/c1-9-2-3-10(11(16)6-9)12(17)15-8-13(7-14)4-5-13/h2-3,6,16H,4-5,7-8,14H2,1H3,(H,15,17). The van der Waals surface area contributed by atoms with Crippen LogP contribution in [0, 0.1) is 12.3 Å². The van der Waals surface area contributed by atoms with Gasteiger partial charge in [-0.05, 0) is 44.0 Å². The Labute approximate surface area is 101 Å². The summed E-state index contributed by atoms with van der Waals surface area (Å²) in [6.45, 7) is 3.07. The second-order valence-corrected chi connectivity index (χ2v) is 4.91. The number of hydrogen-bond donors (Lipinski definition) is 3. The van der Waals surface area contributed by atoms with Crippen molar-refractivity contribution in [2.24, 2.45) is 11.1 Å². The van der Waals surface area contributed by atoms with E-state index in [-0.39, 0.29) is 17.1 Å². The van der Waals surface area contributed by atoms with E-state index in [4.69, 9.17) is 5.73 Å². The van der Waals surface area contributed by atoms with Crippen LogP contribution in [0.1, 0.15) is 28.8 Å². The molecule has 0 heterocycles. The van der Waals surface area contributed by atoms with Crippen molar-refractivity contribution in [3.05, 3.63) is 29.3 Å². The number of nitrogens with one attached hydrogen (secondary N) is 1. The monoisotopic (exact) mass is 234 g/mol. The van der Waals surface area contributed by atoms with Crippen LogP contribution in [0.25, 0.3) is 0 Å². The fourth-order valence-corrected chi connectivity index (χ4v) is 1.83. The highest BCUT2D eigenvalue weighted by Crippen LogP contribution is 2.43. The minimum Gasteiger partial charge on any atom is -0.507 e. The van der Waals surface area contributed by atoms with E-state index in [1.54, 1.807) is 12.1 Å². The van der Waals surface area contributed by atoms with Gasteiger partial charge in [-0.2, -0.15) is 0 Å². The molecule has 1 aromatic carbocycles. The van der Waals surface area contributed by atoms with Crippen LogP contribution in [0.3, 0.4) is 0 Å². The van der Waals surface area contributed by atoms with Crippen molar-refractivity contribution in [3.63, 3.8) is 0 Å². The summed E-state index contributed by atoms with van der Waals surface area (Å²) in [6.07, 6.45) is 2.15. The highest BCUT2D eigenvalue weighted by molar-refractivity contribution is 5.96. The van der Waals surface area contributed by atoms with E-state index in [1.165, 1.54) is 0 Å². The molecule has 1 aliphatic rings. The molecule has 1 aliphatic carbocycles. The zero-order valence-corrected chi connectivity index (χ0v) is 9.99. The SMILES string of the molecule is Cc1ccc(C(=O)NCC2(CN)CC2)c(O)c1. The van der Waals surface area contributed by atoms with Gasteiger partial charge >= 0.3 is 0 Å². The van der Waals surface area contributed by atoms with Gasteiger partial charge in [0.25, 0.3) is 5.91 Å². The molecule has 0 aromatic heterocycles. The van der Waals surface area contributed by atoms with E-state index in [0.29, 0.717) is 18.7 Å². The predicted octanol–water partition coefficient (Wildman–Crippen LogP) is 1.17. The molecule has 1 amide bonds. The molecule has 0 atom stereocenters. The van der Waals surface area contributed by atoms with Crippen molar-refractivity contribution in [1.29, 1.82) is 0 Å². The first kappa shape index (κ1) is 11.9. The molecule has 2 rings (SSSR count). The third-order valence-electron chi connectivity index (χ3n) is 3.41. The minimum atomic E-state index is -0.234. The number of nitrogens with two attached hydrogens (primary N) is 1. The number of rotatable bonds is 4. The van der Waals surface area contributed by atoms with Crippen LogP contribution in [-0.4, -0.2) is 24.1 Å². The van der Waals surface area contributed by atoms with E-state index in [1.807, 2.05) is 13.0 Å². The lowest BCUT2D eigenvalue weighted by Gasteiger charge is -2.13. The largest absolute Gasteiger partial charge is 0.507 e. The quantitative estimate of drug-likeness (QED) is 0.732. The zero-order chi connectivity index (χ0) is 12.5. The number of aryl methyl sites for hydroxylation is 1. The molecule has 1 fully saturated rings. The lowest BCUT2D eigenvalue weighted by Crippen LogP contribution is -2.33. The van der Waals surface area contributed by atoms with E-state index in [9.17, 15) is 9.90 Å². The van der Waals surface area contributed by atoms with Crippen molar-refractivity contribution in [1.82, 2.24) is 5.32 Å². The van der Waals surface area contributed by atoms with Crippen LogP contribution >= 0.6 is 0 Å². The molecule has 4 nitrogen and oxygen atoms in total. The molecule has 0 unspecified atom stereocenters. The maximum atomic E-state index is 11.9. The number of benzene rings is 1. The summed E-state index contributed by atoms with van der Waals surface area (Å²) in [7, 11) is 0. The summed E-state index contributed by atoms with van der Waals surface area (Å²) in [5.74, 6) is -0.206. The number of aromatic hydroxyl groups is 1. The van der Waals surface area contributed by atoms with E-state index >= 15 is 0 Å². The normalized spacial score (nSPS) is 16.6. The van der Waals surface area contributed by atoms with Gasteiger partial charge in [0, 0.05) is 12.0 Å². The fraction of sp³-hybridized carbons (Fsp3) is 0.462. The Morgan fingerprint density at radius 2 is 2.24 bits per heavy atom. The molecule has 0 spiro atoms. The number of hydrogen-bond acceptors (Lipinski definition) is 3. The lowest BCUT2D eigenvalue weighted by molar-refractivity contribution is 0.0943. The molecule has 92 valence electrons. The van der Waals surface area contributed by atoms with Crippen molar-refractivity contribution >= 4 is 5.91 Å². The second-order valence-electron chi connectivity index (χ2n) is 4.91. The Balaban J connectivity index is 2.00. The summed E-state index contributed by atoms with van der Waals surface area (Å²) in [5.41, 5.74) is 7.00. The molecule has 0 radical (unpaired) electrons. The first-order valence-corrected chi connectivity index (χ1v) is 5.84. The van der Waals surface area contributed by atoms with Gasteiger partial charge in [-0.25, -0.2) is 0 Å². The number of phenolic OH excluding ortho intramolecular Hbond substituents is 1. The van der Waals surface area contributed by atoms with E-state index in [2.05, 4.69) is 5.32 Å². The van der Waals surface area contributed by atoms with Crippen molar-refractivity contribution < 1.29 is 9.90 Å². The Bertz CT molecular complexity index is 439. The summed E-state index contributed by atoms with van der Waals surface area (Å²) in [6, 6.07) is 5.04. The van der Waals surface area contributed by atoms with Gasteiger partial charge in [0.1, 0.15) is 5.75 Å². The number of amides is 1. The maximum absolute atomic E-state index is 11.9. The van der Waals surface area contributed by atoms with Crippen molar-refractivity contribution in [2.45, 2.75) is 19.8 Å². The summed E-state index contributed by atoms with van der Waals surface area (Å²) < 4.78 is 0. The fourth-order valence-electron chi connectivity index (χ4n) is 1.83. The van der Waals surface area contributed by atoms with Gasteiger partial charge in [0.05, 0.1) is 5.56 Å². The maximum Gasteiger partial charge on any atom is 0.255 e. The third kappa shape index (κ3) is 2.58. The molecule has 17 heavy (non-hydrogen) atoms. The summed E-state index contributed by atoms with van der Waals surface area (Å²) in [5, 5.41) is 12.5. The van der Waals surface area contributed by atoms with Crippen molar-refractivity contribution in [3.8, 4) is 5.75 Å². The average molecular weight is 234 g/mol. The summed E-state index contributed by atoms with van der Waals surface area (Å²) >= 11 is 0. The van der Waals surface area contributed by atoms with Gasteiger partial charge in [-0.3, -0.25) is 4.79 Å². The van der Waals surface area contributed by atoms with Gasteiger partial charge < -0.3 is 16.2 Å². The first-order valence-electron chi connectivity index (χ1n) is 5.84. The first-order chi connectivity index (χ1) is 8.06. The Morgan fingerprint density at radius 1 is 1.53 bits per heavy atom. The molecule has 4 heteroatoms. The van der Waals surface area contributed by atoms with E-state index < -0.39 is 0 Å². The Morgan fingerprint density at radius 3 is 2.76 bits per heavy atom. The van der Waals surface area contributed by atoms with E-state index in [0.717, 1.165) is 18.4 Å². The van der Waals surface area contributed by atoms with Crippen LogP contribution in [-0.2, 0) is 0 Å². The van der Waals surface area contributed by atoms with Gasteiger partial charge in [0.15, 0.2) is 0 Å². The zero-order valence-electron chi connectivity index (χ0n) is 9.99. The van der Waals surface area contributed by atoms with Crippen LogP contribution in [0.2, 0.25) is 0 Å². The van der Waals surface area contributed by atoms with Crippen LogP contribution in [0.5, 0.6) is 5.75 Å². The van der Waals surface area contributed by atoms with Gasteiger partial charge in [0.2, 0.25) is 0 Å². The summed E-state index contributed by atoms with van der Waals surface area (Å²) in [4.78, 5) is 11.9. The Kier molecular flexibility index (Phi) is 3.07. The number of carbonyl (C=O) groups is 1. The molecule has 1 aromatic rings. The molecule has 0 bridgehead atoms. The number of phenols is 1. The smallest absolute Gasteiger partial charge is 0.255 e. The molecular formula is C13H18N2O2. The van der Waals surface area contributed by atoms with Crippen LogP contribution in [0.15, 0.2) is 18.2 Å². The molecule has 4 N–H and O–H groups in total. The predicted molar refractivity (Wildman–Crippen MR) is 65.9 cm³/mol. The minimum absolute atomic E-state index is 0.0279. The number of carbonyl (C=O) groups excluding carboxylic acids is 1. The highest BCUT2D eigenvalue weighted by atomic mass is 16.3. The Hall–Kier alpha value is -1.55. The lowest BCUT2D eigenvalue weighted by atomic mass is 10.1. The molecule has 0 saturated heterocycles. The van der Waals surface area contributed by atoms with Gasteiger partial charge in [-0.1, -0.05) is 6.07 Å². The molecule has 1 saturated carbocycles. The van der Waals surface area contributed by atoms with Crippen molar-refractivity contribution in [2.75, 3.05) is 13.1 Å². The molecule has 0 aliphatic heterocycles. The highest BCUT2D eigenvalue weighted by Gasteiger charge is 2.41. The topological polar surface area (TPSA) is 75.4 Å². The van der Waals surface area contributed by atoms with Crippen LogP contribution < -0.4 is 11.1 Å². The second kappa shape index (κ2) is 4.37. The van der Waals surface area contributed by atoms with Crippen LogP contribution in [0.4, 0.5) is 0 Å². The van der Waals surface area contributed by atoms with Gasteiger partial charge in [-0.15, -0.1) is 0 Å². The average Bonchev–Trinajstić information content (AvgIpc) is 3.07. The molecular weight excluding hydrogens is 216 g/mol. The third-order valence-corrected chi connectivity index (χ3v) is 3.41.